The molecular formula is C16H20BFN2O2. The second kappa shape index (κ2) is 4.93. The summed E-state index contributed by atoms with van der Waals surface area (Å²) in [4.78, 5) is 0. The van der Waals surface area contributed by atoms with Gasteiger partial charge >= 0.3 is 7.12 Å². The highest BCUT2D eigenvalue weighted by Gasteiger charge is 2.52. The van der Waals surface area contributed by atoms with Gasteiger partial charge in [0.05, 0.1) is 16.9 Å². The van der Waals surface area contributed by atoms with E-state index in [1.807, 2.05) is 40.8 Å². The van der Waals surface area contributed by atoms with Gasteiger partial charge in [0.25, 0.3) is 0 Å². The third-order valence-corrected chi connectivity index (χ3v) is 4.55. The lowest BCUT2D eigenvalue weighted by Crippen LogP contribution is -2.41. The van der Waals surface area contributed by atoms with Crippen LogP contribution >= 0.6 is 0 Å². The maximum absolute atomic E-state index is 13.5. The SMILES string of the molecule is Cc1ccc(F)cc1-n1cc(B2OC(C)(C)C(C)(C)O2)cn1. The van der Waals surface area contributed by atoms with Crippen molar-refractivity contribution in [2.24, 2.45) is 0 Å². The number of hydrogen-bond acceptors (Lipinski definition) is 3. The van der Waals surface area contributed by atoms with Gasteiger partial charge in [0.15, 0.2) is 0 Å². The summed E-state index contributed by atoms with van der Waals surface area (Å²) in [6, 6.07) is 4.65. The Morgan fingerprint density at radius 3 is 2.41 bits per heavy atom. The smallest absolute Gasteiger partial charge is 0.399 e. The van der Waals surface area contributed by atoms with Gasteiger partial charge in [-0.2, -0.15) is 5.10 Å². The van der Waals surface area contributed by atoms with Gasteiger partial charge in [0, 0.05) is 17.9 Å². The molecule has 4 nitrogen and oxygen atoms in total. The molecule has 0 spiro atoms. The maximum atomic E-state index is 13.5. The Kier molecular flexibility index (Phi) is 3.42. The van der Waals surface area contributed by atoms with Gasteiger partial charge in [-0.3, -0.25) is 0 Å². The molecule has 116 valence electrons. The van der Waals surface area contributed by atoms with Crippen molar-refractivity contribution in [1.82, 2.24) is 9.78 Å². The maximum Gasteiger partial charge on any atom is 0.498 e. The summed E-state index contributed by atoms with van der Waals surface area (Å²) in [5.41, 5.74) is 1.69. The zero-order valence-electron chi connectivity index (χ0n) is 13.6. The van der Waals surface area contributed by atoms with Crippen molar-refractivity contribution in [3.05, 3.63) is 42.0 Å². The van der Waals surface area contributed by atoms with Crippen LogP contribution in [0, 0.1) is 12.7 Å². The first-order valence-corrected chi connectivity index (χ1v) is 7.36. The normalized spacial score (nSPS) is 19.6. The average molecular weight is 302 g/mol. The van der Waals surface area contributed by atoms with E-state index >= 15 is 0 Å². The van der Waals surface area contributed by atoms with Crippen molar-refractivity contribution in [3.8, 4) is 5.69 Å². The van der Waals surface area contributed by atoms with E-state index in [1.54, 1.807) is 16.9 Å². The molecule has 0 atom stereocenters. The monoisotopic (exact) mass is 302 g/mol. The second-order valence-corrected chi connectivity index (χ2v) is 6.74. The molecule has 0 bridgehead atoms. The first kappa shape index (κ1) is 15.2. The van der Waals surface area contributed by atoms with E-state index in [0.717, 1.165) is 11.0 Å². The molecule has 1 aliphatic rings. The fourth-order valence-corrected chi connectivity index (χ4v) is 2.40. The molecule has 0 N–H and O–H groups in total. The molecule has 0 radical (unpaired) electrons. The van der Waals surface area contributed by atoms with Gasteiger partial charge in [-0.25, -0.2) is 9.07 Å². The van der Waals surface area contributed by atoms with Gasteiger partial charge in [0.2, 0.25) is 0 Å². The number of nitrogens with zero attached hydrogens (tertiary/aromatic N) is 2. The van der Waals surface area contributed by atoms with Crippen LogP contribution in [0.15, 0.2) is 30.6 Å². The van der Waals surface area contributed by atoms with E-state index < -0.39 is 18.3 Å². The van der Waals surface area contributed by atoms with E-state index in [9.17, 15) is 4.39 Å². The predicted octanol–water partition coefficient (Wildman–Crippen LogP) is 2.62. The van der Waals surface area contributed by atoms with Crippen molar-refractivity contribution < 1.29 is 13.7 Å². The lowest BCUT2D eigenvalue weighted by Gasteiger charge is -2.32. The summed E-state index contributed by atoms with van der Waals surface area (Å²) in [6.07, 6.45) is 3.52. The quantitative estimate of drug-likeness (QED) is 0.800. The van der Waals surface area contributed by atoms with Crippen molar-refractivity contribution in [3.63, 3.8) is 0 Å². The average Bonchev–Trinajstić information content (AvgIpc) is 2.96. The molecular weight excluding hydrogens is 282 g/mol. The Hall–Kier alpha value is -1.66. The molecule has 0 unspecified atom stereocenters. The van der Waals surface area contributed by atoms with Gasteiger partial charge in [-0.05, 0) is 52.3 Å². The summed E-state index contributed by atoms with van der Waals surface area (Å²) in [5, 5.41) is 4.32. The Labute approximate surface area is 130 Å². The Bertz CT molecular complexity index is 696. The molecule has 1 saturated heterocycles. The number of aromatic nitrogens is 2. The van der Waals surface area contributed by atoms with Crippen LogP contribution in [-0.2, 0) is 9.31 Å². The molecule has 6 heteroatoms. The lowest BCUT2D eigenvalue weighted by molar-refractivity contribution is 0.00578. The summed E-state index contributed by atoms with van der Waals surface area (Å²) >= 11 is 0. The van der Waals surface area contributed by atoms with Gasteiger partial charge in [-0.1, -0.05) is 6.07 Å². The predicted molar refractivity (Wildman–Crippen MR) is 84.0 cm³/mol. The van der Waals surface area contributed by atoms with Crippen LogP contribution in [0.1, 0.15) is 33.3 Å². The van der Waals surface area contributed by atoms with Crippen LogP contribution in [0.25, 0.3) is 5.69 Å². The van der Waals surface area contributed by atoms with Crippen LogP contribution in [-0.4, -0.2) is 28.1 Å². The molecule has 22 heavy (non-hydrogen) atoms. The van der Waals surface area contributed by atoms with E-state index in [0.29, 0.717) is 5.69 Å². The van der Waals surface area contributed by atoms with Gasteiger partial charge in [-0.15, -0.1) is 0 Å². The lowest BCUT2D eigenvalue weighted by atomic mass is 9.82. The molecule has 3 rings (SSSR count). The number of halogens is 1. The number of hydrogen-bond donors (Lipinski definition) is 0. The molecule has 1 aromatic heterocycles. The molecule has 0 aliphatic carbocycles. The minimum absolute atomic E-state index is 0.284. The first-order chi connectivity index (χ1) is 10.2. The Morgan fingerprint density at radius 2 is 1.77 bits per heavy atom. The summed E-state index contributed by atoms with van der Waals surface area (Å²) in [6.45, 7) is 9.95. The van der Waals surface area contributed by atoms with Crippen LogP contribution in [0.3, 0.4) is 0 Å². The Balaban J connectivity index is 1.91. The van der Waals surface area contributed by atoms with E-state index in [-0.39, 0.29) is 5.82 Å². The first-order valence-electron chi connectivity index (χ1n) is 7.36. The number of aryl methyl sites for hydroxylation is 1. The van der Waals surface area contributed by atoms with Crippen molar-refractivity contribution in [2.75, 3.05) is 0 Å². The van der Waals surface area contributed by atoms with Crippen molar-refractivity contribution in [1.29, 1.82) is 0 Å². The molecule has 0 saturated carbocycles. The fraction of sp³-hybridized carbons (Fsp3) is 0.438. The fourth-order valence-electron chi connectivity index (χ4n) is 2.40. The van der Waals surface area contributed by atoms with Crippen molar-refractivity contribution >= 4 is 12.6 Å². The van der Waals surface area contributed by atoms with Crippen LogP contribution < -0.4 is 5.46 Å². The number of rotatable bonds is 2. The third-order valence-electron chi connectivity index (χ3n) is 4.55. The summed E-state index contributed by atoms with van der Waals surface area (Å²) in [5.74, 6) is -0.284. The molecule has 1 aromatic carbocycles. The highest BCUT2D eigenvalue weighted by Crippen LogP contribution is 2.36. The second-order valence-electron chi connectivity index (χ2n) is 6.74. The Morgan fingerprint density at radius 1 is 1.14 bits per heavy atom. The third kappa shape index (κ3) is 2.46. The minimum Gasteiger partial charge on any atom is -0.399 e. The van der Waals surface area contributed by atoms with Gasteiger partial charge < -0.3 is 9.31 Å². The highest BCUT2D eigenvalue weighted by molar-refractivity contribution is 6.62. The molecule has 1 fully saturated rings. The summed E-state index contributed by atoms with van der Waals surface area (Å²) in [7, 11) is -0.465. The summed E-state index contributed by atoms with van der Waals surface area (Å²) < 4.78 is 27.1. The zero-order chi connectivity index (χ0) is 16.1. The molecule has 2 heterocycles. The number of benzene rings is 1. The standard InChI is InChI=1S/C16H20BFN2O2/c1-11-6-7-13(18)8-14(11)20-10-12(9-19-20)17-21-15(2,3)16(4,5)22-17/h6-10H,1-5H3. The molecule has 2 aromatic rings. The van der Waals surface area contributed by atoms with Gasteiger partial charge in [0.1, 0.15) is 5.82 Å². The molecule has 0 amide bonds. The minimum atomic E-state index is -0.465. The van der Waals surface area contributed by atoms with E-state index in [2.05, 4.69) is 5.10 Å². The highest BCUT2D eigenvalue weighted by atomic mass is 19.1. The largest absolute Gasteiger partial charge is 0.498 e. The zero-order valence-corrected chi connectivity index (χ0v) is 13.6. The molecule has 1 aliphatic heterocycles. The topological polar surface area (TPSA) is 36.3 Å². The van der Waals surface area contributed by atoms with Crippen LogP contribution in [0.5, 0.6) is 0 Å². The van der Waals surface area contributed by atoms with Crippen LogP contribution in [0.2, 0.25) is 0 Å². The van der Waals surface area contributed by atoms with Crippen molar-refractivity contribution in [2.45, 2.75) is 45.8 Å². The van der Waals surface area contributed by atoms with E-state index in [4.69, 9.17) is 9.31 Å². The van der Waals surface area contributed by atoms with E-state index in [1.165, 1.54) is 12.1 Å². The van der Waals surface area contributed by atoms with Crippen LogP contribution in [0.4, 0.5) is 4.39 Å².